The third-order valence-electron chi connectivity index (χ3n) is 8.62. The Morgan fingerprint density at radius 3 is 2.49 bits per heavy atom. The molecule has 2 atom stereocenters. The molecule has 0 aromatic carbocycles. The van der Waals surface area contributed by atoms with Crippen molar-refractivity contribution in [3.8, 4) is 0 Å². The Morgan fingerprint density at radius 2 is 1.88 bits per heavy atom. The molecule has 5 heterocycles. The second-order valence-electron chi connectivity index (χ2n) is 12.5. The molecule has 268 valence electrons. The minimum atomic E-state index is -1.92. The summed E-state index contributed by atoms with van der Waals surface area (Å²) >= 11 is 2.21. The number of aliphatic carboxylic acids is 2. The molecule has 0 bridgehead atoms. The zero-order chi connectivity index (χ0) is 36.5. The number of anilines is 1. The number of thiazole rings is 1. The van der Waals surface area contributed by atoms with Crippen LogP contribution in [-0.4, -0.2) is 134 Å². The number of nitrogens with one attached hydrogen (secondary N) is 2. The van der Waals surface area contributed by atoms with Crippen molar-refractivity contribution in [1.82, 2.24) is 25.6 Å². The minimum Gasteiger partial charge on any atom is -0.546 e. The van der Waals surface area contributed by atoms with E-state index in [1.54, 1.807) is 0 Å². The van der Waals surface area contributed by atoms with Crippen LogP contribution in [0.5, 0.6) is 0 Å². The molecular weight excluding hydrogens is 723 g/mol. The summed E-state index contributed by atoms with van der Waals surface area (Å²) in [7, 11) is 0. The number of ketones is 2. The van der Waals surface area contributed by atoms with E-state index in [9.17, 15) is 49.0 Å². The fraction of sp³-hybridized carbons (Fsp3) is 0.483. The summed E-state index contributed by atoms with van der Waals surface area (Å²) in [6.07, 6.45) is 2.43. The summed E-state index contributed by atoms with van der Waals surface area (Å²) in [5, 5.41) is 43.7. The van der Waals surface area contributed by atoms with Crippen LogP contribution in [0.3, 0.4) is 0 Å². The van der Waals surface area contributed by atoms with Crippen molar-refractivity contribution in [3.63, 3.8) is 0 Å². The number of thioether (sulfide) groups is 1. The van der Waals surface area contributed by atoms with Crippen molar-refractivity contribution in [3.05, 3.63) is 34.1 Å². The number of amides is 3. The number of hydrogen-bond acceptors (Lipinski definition) is 17. The van der Waals surface area contributed by atoms with E-state index in [-0.39, 0.29) is 70.6 Å². The molecule has 5 rings (SSSR count). The van der Waals surface area contributed by atoms with Gasteiger partial charge in [-0.3, -0.25) is 34.1 Å². The number of fused-ring (bicyclic) bond motifs is 1. The second kappa shape index (κ2) is 15.8. The molecular formula is C29H33N8NaO11S2. The monoisotopic (exact) mass is 756 g/mol. The van der Waals surface area contributed by atoms with E-state index >= 15 is 0 Å². The van der Waals surface area contributed by atoms with Gasteiger partial charge in [0.15, 0.2) is 16.4 Å². The third-order valence-corrected chi connectivity index (χ3v) is 10.6. The number of allylic oxidation sites excluding steroid dienone is 1. The van der Waals surface area contributed by atoms with Crippen LogP contribution in [0.1, 0.15) is 32.4 Å². The quantitative estimate of drug-likeness (QED) is 0.0364. The van der Waals surface area contributed by atoms with E-state index in [2.05, 4.69) is 20.8 Å². The summed E-state index contributed by atoms with van der Waals surface area (Å²) in [5.41, 5.74) is 3.05. The van der Waals surface area contributed by atoms with Gasteiger partial charge in [0.05, 0.1) is 43.8 Å². The van der Waals surface area contributed by atoms with Crippen LogP contribution >= 0.6 is 23.1 Å². The zero-order valence-electron chi connectivity index (χ0n) is 27.8. The average Bonchev–Trinajstić information content (AvgIpc) is 3.70. The molecule has 5 N–H and O–H groups in total. The maximum Gasteiger partial charge on any atom is 1.00 e. The number of nitrogen functional groups attached to an aromatic ring is 1. The van der Waals surface area contributed by atoms with Crippen LogP contribution in [0.25, 0.3) is 0 Å². The Labute approximate surface area is 320 Å². The van der Waals surface area contributed by atoms with Gasteiger partial charge in [0.25, 0.3) is 17.7 Å². The minimum absolute atomic E-state index is 0. The smallest absolute Gasteiger partial charge is 0.546 e. The Balaban J connectivity index is 0.00000583. The van der Waals surface area contributed by atoms with Crippen LogP contribution in [0.15, 0.2) is 33.6 Å². The molecule has 0 radical (unpaired) electrons. The number of hydrogen-bond donors (Lipinski definition) is 4. The second-order valence-corrected chi connectivity index (χ2v) is 14.5. The summed E-state index contributed by atoms with van der Waals surface area (Å²) in [6.45, 7) is 3.69. The predicted octanol–water partition coefficient (Wildman–Crippen LogP) is -7.16. The van der Waals surface area contributed by atoms with Gasteiger partial charge in [-0.2, -0.15) is 0 Å². The number of nitrogens with two attached hydrogens (primary N) is 1. The topological polar surface area (TPSA) is 277 Å². The van der Waals surface area contributed by atoms with Crippen molar-refractivity contribution in [2.45, 2.75) is 43.7 Å². The molecule has 4 aliphatic rings. The van der Waals surface area contributed by atoms with Crippen molar-refractivity contribution in [2.24, 2.45) is 5.16 Å². The van der Waals surface area contributed by atoms with Gasteiger partial charge in [0.1, 0.15) is 35.9 Å². The number of aromatic nitrogens is 1. The van der Waals surface area contributed by atoms with Crippen molar-refractivity contribution >= 4 is 75.2 Å². The molecule has 2 saturated heterocycles. The van der Waals surface area contributed by atoms with Gasteiger partial charge in [-0.25, -0.2) is 10.0 Å². The van der Waals surface area contributed by atoms with Gasteiger partial charge < -0.3 is 45.5 Å². The fourth-order valence-electron chi connectivity index (χ4n) is 5.93. The van der Waals surface area contributed by atoms with Crippen LogP contribution in [0.4, 0.5) is 5.13 Å². The maximum atomic E-state index is 13.4. The van der Waals surface area contributed by atoms with Crippen molar-refractivity contribution in [2.75, 3.05) is 50.8 Å². The van der Waals surface area contributed by atoms with E-state index in [4.69, 9.17) is 10.6 Å². The number of quaternary nitrogens is 1. The van der Waals surface area contributed by atoms with Crippen molar-refractivity contribution < 1.29 is 87.9 Å². The number of β-lactam (4-membered cyclic amide) rings is 1. The van der Waals surface area contributed by atoms with E-state index < -0.39 is 70.5 Å². The molecule has 4 aliphatic heterocycles. The molecule has 0 saturated carbocycles. The van der Waals surface area contributed by atoms with E-state index in [0.29, 0.717) is 34.8 Å². The molecule has 51 heavy (non-hydrogen) atoms. The Morgan fingerprint density at radius 1 is 1.20 bits per heavy atom. The SMILES string of the molecule is CC(C)(O/N=C(/C(=O)N[C@@H]1C(=O)N2C(C(=O)[O-])=C(C[N+]3(CCNC(=O)C4=CC(=O)C(=O)CN4O)CCCC3)CS[C@H]12)c1csc(N)n1)C(=O)[O-].[Na+]. The number of likely N-dealkylation sites (tertiary alicyclic amines) is 1. The maximum absolute atomic E-state index is 13.4. The fourth-order valence-corrected chi connectivity index (χ4v) is 7.81. The molecule has 0 aliphatic carbocycles. The van der Waals surface area contributed by atoms with Gasteiger partial charge >= 0.3 is 29.6 Å². The van der Waals surface area contributed by atoms with Crippen LogP contribution in [0, 0.1) is 0 Å². The average molecular weight is 757 g/mol. The number of rotatable bonds is 13. The molecule has 22 heteroatoms. The number of carboxylic acids is 2. The first-order valence-corrected chi connectivity index (χ1v) is 17.2. The normalized spacial score (nSPS) is 21.7. The number of carbonyl (C=O) groups is 7. The number of oxime groups is 1. The van der Waals surface area contributed by atoms with E-state index in [1.165, 1.54) is 17.1 Å². The van der Waals surface area contributed by atoms with Gasteiger partial charge in [0.2, 0.25) is 11.6 Å². The third kappa shape index (κ3) is 8.45. The molecule has 1 aromatic rings. The predicted molar refractivity (Wildman–Crippen MR) is 169 cm³/mol. The molecule has 1 aromatic heterocycles. The molecule has 2 fully saturated rings. The summed E-state index contributed by atoms with van der Waals surface area (Å²) in [4.78, 5) is 96.6. The molecule has 0 spiro atoms. The molecule has 3 amide bonds. The first-order valence-electron chi connectivity index (χ1n) is 15.3. The van der Waals surface area contributed by atoms with E-state index in [1.807, 2.05) is 0 Å². The number of carboxylic acid groups (broad SMARTS) is 2. The Hall–Kier alpha value is -3.86. The number of nitrogens with zero attached hydrogens (tertiary/aromatic N) is 5. The van der Waals surface area contributed by atoms with Crippen LogP contribution in [-0.2, 0) is 38.4 Å². The largest absolute Gasteiger partial charge is 1.00 e. The Bertz CT molecular complexity index is 1750. The van der Waals surface area contributed by atoms with Gasteiger partial charge in [-0.15, -0.1) is 23.1 Å². The zero-order valence-corrected chi connectivity index (χ0v) is 31.5. The van der Waals surface area contributed by atoms with Gasteiger partial charge in [0, 0.05) is 35.6 Å². The number of Topliss-reactive ketones (excluding diaryl/α,β-unsaturated/α-hetero) is 1. The summed E-state index contributed by atoms with van der Waals surface area (Å²) < 4.78 is 0.387. The van der Waals surface area contributed by atoms with Crippen LogP contribution < -0.4 is 56.1 Å². The summed E-state index contributed by atoms with van der Waals surface area (Å²) in [6, 6.07) is -1.17. The standard InChI is InChI=1S/C29H34N8O11S2.Na/c1-29(2,27(45)46)48-34-19(15-13-50-28(30)32-15)23(41)33-20-24(42)36-21(26(43)44)14(12-49-25(20)36)11-37(6-3-4-7-37)8-5-31-22(40)16-9-17(38)18(39)10-35(16)47;/h9,13,20,25,47H,3-8,10-12H2,1-2H3,(H5-,30,31,32,33,40,41,43,44,45,46);/q;+1/p-1/b34-19+;/t20-,25-;/m1./s1. The first-order chi connectivity index (χ1) is 23.5. The van der Waals surface area contributed by atoms with Gasteiger partial charge in [-0.1, -0.05) is 5.16 Å². The first kappa shape index (κ1) is 39.9. The molecule has 19 nitrogen and oxygen atoms in total. The van der Waals surface area contributed by atoms with Crippen molar-refractivity contribution in [1.29, 1.82) is 0 Å². The van der Waals surface area contributed by atoms with Crippen LogP contribution in [0.2, 0.25) is 0 Å². The number of hydroxylamine groups is 2. The number of carbonyl (C=O) groups excluding carboxylic acids is 7. The van der Waals surface area contributed by atoms with Gasteiger partial charge in [-0.05, 0) is 13.8 Å². The summed E-state index contributed by atoms with van der Waals surface area (Å²) in [5.74, 6) is -7.15. The molecule has 0 unspecified atom stereocenters. The van der Waals surface area contributed by atoms with E-state index in [0.717, 1.165) is 49.0 Å². The Kier molecular flexibility index (Phi) is 12.4.